The number of sulfonamides is 1. The van der Waals surface area contributed by atoms with Gasteiger partial charge in [-0.1, -0.05) is 36.4 Å². The van der Waals surface area contributed by atoms with Crippen LogP contribution in [0.2, 0.25) is 0 Å². The minimum atomic E-state index is -4.02. The summed E-state index contributed by atoms with van der Waals surface area (Å²) in [7, 11) is -2.65. The molecule has 7 heteroatoms. The van der Waals surface area contributed by atoms with E-state index in [9.17, 15) is 13.2 Å². The SMILES string of the molecule is COC1(OC(C)=O)C(=NS(=O)(=O)c2ccccc2)C=C2CCc3cccc1c32. The number of carbonyl (C=O) groups is 1. The van der Waals surface area contributed by atoms with Gasteiger partial charge in [0.1, 0.15) is 5.71 Å². The van der Waals surface area contributed by atoms with Crippen molar-refractivity contribution in [2.45, 2.75) is 30.4 Å². The van der Waals surface area contributed by atoms with E-state index in [-0.39, 0.29) is 10.6 Å². The summed E-state index contributed by atoms with van der Waals surface area (Å²) in [6, 6.07) is 13.6. The number of nitrogens with zero attached hydrogens (tertiary/aromatic N) is 1. The van der Waals surface area contributed by atoms with E-state index in [4.69, 9.17) is 9.47 Å². The van der Waals surface area contributed by atoms with Gasteiger partial charge in [-0.2, -0.15) is 12.8 Å². The fourth-order valence-corrected chi connectivity index (χ4v) is 4.86. The van der Waals surface area contributed by atoms with Crippen molar-refractivity contribution in [3.8, 4) is 0 Å². The third kappa shape index (κ3) is 2.87. The predicted molar refractivity (Wildman–Crippen MR) is 104 cm³/mol. The van der Waals surface area contributed by atoms with E-state index in [2.05, 4.69) is 4.40 Å². The maximum Gasteiger partial charge on any atom is 0.305 e. The Morgan fingerprint density at radius 1 is 1.07 bits per heavy atom. The molecule has 2 aromatic carbocycles. The molecule has 28 heavy (non-hydrogen) atoms. The quantitative estimate of drug-likeness (QED) is 0.584. The fourth-order valence-electron chi connectivity index (χ4n) is 3.83. The summed E-state index contributed by atoms with van der Waals surface area (Å²) >= 11 is 0. The highest BCUT2D eigenvalue weighted by atomic mass is 32.2. The van der Waals surface area contributed by atoms with E-state index in [1.165, 1.54) is 26.2 Å². The Hall–Kier alpha value is -2.77. The highest BCUT2D eigenvalue weighted by Crippen LogP contribution is 2.46. The second-order valence-corrected chi connectivity index (χ2v) is 8.29. The van der Waals surface area contributed by atoms with Crippen molar-refractivity contribution >= 4 is 27.3 Å². The van der Waals surface area contributed by atoms with Crippen molar-refractivity contribution in [2.24, 2.45) is 4.40 Å². The number of esters is 1. The smallest absolute Gasteiger partial charge is 0.305 e. The molecule has 0 bridgehead atoms. The standard InChI is InChI=1S/C21H19NO5S/c1-14(23)27-21(26-2)18-10-6-7-15-11-12-16(20(15)18)13-19(21)22-28(24,25)17-8-4-3-5-9-17/h3-10,13H,11-12H2,1-2H3. The van der Waals surface area contributed by atoms with Crippen LogP contribution in [-0.4, -0.2) is 27.2 Å². The third-order valence-corrected chi connectivity index (χ3v) is 6.28. The molecule has 0 saturated carbocycles. The molecule has 0 radical (unpaired) electrons. The van der Waals surface area contributed by atoms with Crippen molar-refractivity contribution in [3.63, 3.8) is 0 Å². The normalized spacial score (nSPS) is 21.9. The summed E-state index contributed by atoms with van der Waals surface area (Å²) in [4.78, 5) is 12.0. The van der Waals surface area contributed by atoms with Crippen LogP contribution < -0.4 is 0 Å². The number of hydrogen-bond donors (Lipinski definition) is 0. The van der Waals surface area contributed by atoms with Gasteiger partial charge < -0.3 is 9.47 Å². The lowest BCUT2D eigenvalue weighted by Gasteiger charge is -2.36. The van der Waals surface area contributed by atoms with Gasteiger partial charge in [-0.05, 0) is 47.8 Å². The van der Waals surface area contributed by atoms with Crippen molar-refractivity contribution in [1.29, 1.82) is 0 Å². The molecule has 144 valence electrons. The zero-order valence-electron chi connectivity index (χ0n) is 15.5. The molecule has 2 aliphatic rings. The minimum Gasteiger partial charge on any atom is -0.422 e. The van der Waals surface area contributed by atoms with E-state index in [0.29, 0.717) is 5.56 Å². The Bertz CT molecular complexity index is 1120. The second kappa shape index (κ2) is 6.68. The van der Waals surface area contributed by atoms with Crippen LogP contribution in [0.5, 0.6) is 0 Å². The molecule has 0 spiro atoms. The third-order valence-electron chi connectivity index (χ3n) is 4.97. The first-order chi connectivity index (χ1) is 13.4. The monoisotopic (exact) mass is 397 g/mol. The van der Waals surface area contributed by atoms with Crippen LogP contribution in [0.3, 0.4) is 0 Å². The molecular weight excluding hydrogens is 378 g/mol. The van der Waals surface area contributed by atoms with Crippen LogP contribution in [0.4, 0.5) is 0 Å². The topological polar surface area (TPSA) is 82.0 Å². The molecule has 4 rings (SSSR count). The van der Waals surface area contributed by atoms with Crippen LogP contribution in [0, 0.1) is 0 Å². The van der Waals surface area contributed by atoms with Crippen LogP contribution >= 0.6 is 0 Å². The molecule has 0 aliphatic heterocycles. The number of benzene rings is 2. The Kier molecular flexibility index (Phi) is 4.44. The average molecular weight is 397 g/mol. The summed E-state index contributed by atoms with van der Waals surface area (Å²) in [6.45, 7) is 1.26. The molecule has 1 unspecified atom stereocenters. The van der Waals surface area contributed by atoms with E-state index >= 15 is 0 Å². The lowest BCUT2D eigenvalue weighted by Crippen LogP contribution is -2.44. The lowest BCUT2D eigenvalue weighted by atomic mass is 9.85. The van der Waals surface area contributed by atoms with Crippen LogP contribution in [-0.2, 0) is 36.5 Å². The van der Waals surface area contributed by atoms with Gasteiger partial charge in [-0.15, -0.1) is 0 Å². The van der Waals surface area contributed by atoms with Gasteiger partial charge in [0, 0.05) is 19.6 Å². The molecule has 6 nitrogen and oxygen atoms in total. The highest BCUT2D eigenvalue weighted by Gasteiger charge is 2.48. The van der Waals surface area contributed by atoms with Crippen molar-refractivity contribution in [3.05, 3.63) is 71.3 Å². The molecule has 0 amide bonds. The summed E-state index contributed by atoms with van der Waals surface area (Å²) in [6.07, 6.45) is 3.26. The molecule has 2 aliphatic carbocycles. The zero-order valence-corrected chi connectivity index (χ0v) is 16.3. The van der Waals surface area contributed by atoms with Gasteiger partial charge in [-0.25, -0.2) is 0 Å². The van der Waals surface area contributed by atoms with Gasteiger partial charge in [0.25, 0.3) is 15.8 Å². The largest absolute Gasteiger partial charge is 0.422 e. The first-order valence-corrected chi connectivity index (χ1v) is 10.3. The highest BCUT2D eigenvalue weighted by molar-refractivity contribution is 7.90. The number of hydrogen-bond acceptors (Lipinski definition) is 5. The van der Waals surface area contributed by atoms with Crippen molar-refractivity contribution < 1.29 is 22.7 Å². The van der Waals surface area contributed by atoms with Gasteiger partial charge in [0.2, 0.25) is 0 Å². The minimum absolute atomic E-state index is 0.0376. The molecule has 0 N–H and O–H groups in total. The van der Waals surface area contributed by atoms with Crippen molar-refractivity contribution in [2.75, 3.05) is 7.11 Å². The molecule has 2 aromatic rings. The second-order valence-electron chi connectivity index (χ2n) is 6.69. The maximum atomic E-state index is 12.9. The van der Waals surface area contributed by atoms with Crippen LogP contribution in [0.25, 0.3) is 5.57 Å². The number of carbonyl (C=O) groups excluding carboxylic acids is 1. The Morgan fingerprint density at radius 3 is 2.50 bits per heavy atom. The molecule has 0 aromatic heterocycles. The number of allylic oxidation sites excluding steroid dienone is 1. The fraction of sp³-hybridized carbons (Fsp3) is 0.238. The summed E-state index contributed by atoms with van der Waals surface area (Å²) in [5, 5.41) is 0. The first-order valence-electron chi connectivity index (χ1n) is 8.86. The molecule has 1 atom stereocenters. The summed E-state index contributed by atoms with van der Waals surface area (Å²) in [5.74, 6) is -2.31. The van der Waals surface area contributed by atoms with Gasteiger partial charge >= 0.3 is 5.97 Å². The maximum absolute atomic E-state index is 12.9. The summed E-state index contributed by atoms with van der Waals surface area (Å²) in [5.41, 5.74) is 3.66. The number of ether oxygens (including phenoxy) is 2. The summed E-state index contributed by atoms with van der Waals surface area (Å²) < 4.78 is 41.1. The van der Waals surface area contributed by atoms with E-state index < -0.39 is 21.8 Å². The number of rotatable bonds is 4. The lowest BCUT2D eigenvalue weighted by molar-refractivity contribution is -0.194. The first kappa shape index (κ1) is 18.6. The molecule has 0 fully saturated rings. The van der Waals surface area contributed by atoms with Gasteiger partial charge in [-0.3, -0.25) is 4.79 Å². The number of aryl methyl sites for hydroxylation is 1. The van der Waals surface area contributed by atoms with Gasteiger partial charge in [0.15, 0.2) is 0 Å². The van der Waals surface area contributed by atoms with E-state index in [1.807, 2.05) is 12.1 Å². The van der Waals surface area contributed by atoms with E-state index in [0.717, 1.165) is 29.5 Å². The average Bonchev–Trinajstić information content (AvgIpc) is 3.09. The Labute approximate surface area is 163 Å². The zero-order chi connectivity index (χ0) is 19.9. The molecular formula is C21H19NO5S. The van der Waals surface area contributed by atoms with Crippen LogP contribution in [0.15, 0.2) is 63.9 Å². The van der Waals surface area contributed by atoms with E-state index in [1.54, 1.807) is 30.3 Å². The van der Waals surface area contributed by atoms with Crippen molar-refractivity contribution in [1.82, 2.24) is 0 Å². The van der Waals surface area contributed by atoms with Gasteiger partial charge in [0.05, 0.1) is 4.90 Å². The Balaban J connectivity index is 1.97. The van der Waals surface area contributed by atoms with Crippen LogP contribution in [0.1, 0.15) is 30.0 Å². The Morgan fingerprint density at radius 2 is 1.82 bits per heavy atom. The molecule has 0 heterocycles. The predicted octanol–water partition coefficient (Wildman–Crippen LogP) is 3.22. The number of methoxy groups -OCH3 is 1. The molecule has 0 saturated heterocycles.